The topological polar surface area (TPSA) is 20.2 Å². The summed E-state index contributed by atoms with van der Waals surface area (Å²) in [6.07, 6.45) is -0.773. The Morgan fingerprint density at radius 2 is 1.18 bits per heavy atom. The Balaban J connectivity index is 1.77. The quantitative estimate of drug-likeness (QED) is 0.690. The molecule has 22 heavy (non-hydrogen) atoms. The molecule has 0 aliphatic rings. The Morgan fingerprint density at radius 1 is 0.636 bits per heavy atom. The van der Waals surface area contributed by atoms with Crippen LogP contribution in [0.3, 0.4) is 0 Å². The van der Waals surface area contributed by atoms with Crippen molar-refractivity contribution in [2.24, 2.45) is 0 Å². The van der Waals surface area contributed by atoms with Crippen LogP contribution in [0, 0.1) is 11.8 Å². The second kappa shape index (κ2) is 6.76. The number of rotatable bonds is 2. The van der Waals surface area contributed by atoms with E-state index in [0.717, 1.165) is 16.7 Å². The summed E-state index contributed by atoms with van der Waals surface area (Å²) in [6.45, 7) is 0. The Kier molecular flexibility index (Phi) is 4.34. The molecule has 1 unspecified atom stereocenters. The highest BCUT2D eigenvalue weighted by Gasteiger charge is 2.04. The number of benzene rings is 3. The van der Waals surface area contributed by atoms with Crippen molar-refractivity contribution in [3.05, 3.63) is 96.1 Å². The number of hydrogen-bond acceptors (Lipinski definition) is 1. The molecule has 0 heterocycles. The molecule has 3 aromatic rings. The summed E-state index contributed by atoms with van der Waals surface area (Å²) in [5.74, 6) is 5.87. The van der Waals surface area contributed by atoms with Crippen LogP contribution in [0.4, 0.5) is 0 Å². The van der Waals surface area contributed by atoms with Crippen molar-refractivity contribution in [1.29, 1.82) is 0 Å². The fourth-order valence-electron chi connectivity index (χ4n) is 2.24. The molecule has 0 bridgehead atoms. The zero-order valence-corrected chi connectivity index (χ0v) is 12.1. The molecule has 0 amide bonds. The van der Waals surface area contributed by atoms with Crippen molar-refractivity contribution in [1.82, 2.24) is 0 Å². The van der Waals surface area contributed by atoms with E-state index in [2.05, 4.69) is 24.0 Å². The van der Waals surface area contributed by atoms with Gasteiger partial charge in [-0.15, -0.1) is 0 Å². The van der Waals surface area contributed by atoms with Gasteiger partial charge in [0, 0.05) is 5.56 Å². The van der Waals surface area contributed by atoms with Crippen molar-refractivity contribution in [2.45, 2.75) is 6.10 Å². The molecule has 0 radical (unpaired) electrons. The summed E-state index contributed by atoms with van der Waals surface area (Å²) in [5.41, 5.74) is 4.01. The van der Waals surface area contributed by atoms with Crippen LogP contribution >= 0.6 is 0 Å². The van der Waals surface area contributed by atoms with Gasteiger partial charge < -0.3 is 5.11 Å². The van der Waals surface area contributed by atoms with Gasteiger partial charge in [-0.2, -0.15) is 0 Å². The van der Waals surface area contributed by atoms with Crippen LogP contribution in [0.15, 0.2) is 84.9 Å². The van der Waals surface area contributed by atoms with Gasteiger partial charge in [0.25, 0.3) is 0 Å². The fourth-order valence-corrected chi connectivity index (χ4v) is 2.24. The Labute approximate surface area is 130 Å². The van der Waals surface area contributed by atoms with Crippen LogP contribution in [0.1, 0.15) is 17.2 Å². The van der Waals surface area contributed by atoms with E-state index < -0.39 is 6.10 Å². The molecule has 106 valence electrons. The van der Waals surface area contributed by atoms with E-state index >= 15 is 0 Å². The molecule has 0 aliphatic heterocycles. The third-order valence-corrected chi connectivity index (χ3v) is 3.46. The van der Waals surface area contributed by atoms with Crippen molar-refractivity contribution in [3.8, 4) is 23.0 Å². The molecule has 1 atom stereocenters. The summed E-state index contributed by atoms with van der Waals surface area (Å²) in [7, 11) is 0. The largest absolute Gasteiger partial charge is 0.376 e. The molecule has 0 aliphatic carbocycles. The lowest BCUT2D eigenvalue weighted by Crippen LogP contribution is -1.93. The van der Waals surface area contributed by atoms with Gasteiger partial charge in [0.05, 0.1) is 0 Å². The standard InChI is InChI=1S/C21H16O/c22-21(16-11-17-7-3-1-4-8-17)20-14-12-19(13-15-20)18-9-5-2-6-10-18/h1-10,12-15,21-22H. The van der Waals surface area contributed by atoms with Gasteiger partial charge in [0.2, 0.25) is 0 Å². The zero-order chi connectivity index (χ0) is 15.2. The third kappa shape index (κ3) is 3.44. The third-order valence-electron chi connectivity index (χ3n) is 3.46. The molecule has 0 aromatic heterocycles. The number of aliphatic hydroxyl groups excluding tert-OH is 1. The molecule has 1 nitrogen and oxygen atoms in total. The molecule has 0 fully saturated rings. The van der Waals surface area contributed by atoms with Crippen molar-refractivity contribution in [2.75, 3.05) is 0 Å². The van der Waals surface area contributed by atoms with E-state index in [1.807, 2.05) is 72.8 Å². The van der Waals surface area contributed by atoms with Crippen molar-refractivity contribution < 1.29 is 5.11 Å². The monoisotopic (exact) mass is 284 g/mol. The van der Waals surface area contributed by atoms with Gasteiger partial charge in [0.1, 0.15) is 6.10 Å². The minimum atomic E-state index is -0.773. The van der Waals surface area contributed by atoms with Crippen molar-refractivity contribution in [3.63, 3.8) is 0 Å². The van der Waals surface area contributed by atoms with Crippen LogP contribution in [-0.4, -0.2) is 5.11 Å². The summed E-state index contributed by atoms with van der Waals surface area (Å²) >= 11 is 0. The minimum Gasteiger partial charge on any atom is -0.376 e. The normalized spacial score (nSPS) is 11.3. The molecule has 0 saturated heterocycles. The van der Waals surface area contributed by atoms with Gasteiger partial charge in [-0.3, -0.25) is 0 Å². The van der Waals surface area contributed by atoms with Crippen molar-refractivity contribution >= 4 is 0 Å². The first-order valence-electron chi connectivity index (χ1n) is 7.23. The summed E-state index contributed by atoms with van der Waals surface area (Å²) in [6, 6.07) is 27.7. The lowest BCUT2D eigenvalue weighted by molar-refractivity contribution is 0.238. The average Bonchev–Trinajstić information content (AvgIpc) is 2.61. The molecule has 0 spiro atoms. The molecule has 3 aromatic carbocycles. The number of aliphatic hydroxyl groups is 1. The highest BCUT2D eigenvalue weighted by molar-refractivity contribution is 5.63. The maximum atomic E-state index is 10.2. The van der Waals surface area contributed by atoms with Gasteiger partial charge >= 0.3 is 0 Å². The summed E-state index contributed by atoms with van der Waals surface area (Å²) < 4.78 is 0. The van der Waals surface area contributed by atoms with E-state index in [4.69, 9.17) is 0 Å². The van der Waals surface area contributed by atoms with E-state index in [1.165, 1.54) is 5.56 Å². The second-order valence-corrected chi connectivity index (χ2v) is 5.03. The molecule has 1 N–H and O–H groups in total. The van der Waals surface area contributed by atoms with Gasteiger partial charge in [0.15, 0.2) is 0 Å². The first kappa shape index (κ1) is 14.1. The van der Waals surface area contributed by atoms with Crippen LogP contribution in [0.5, 0.6) is 0 Å². The molecule has 1 heteroatoms. The van der Waals surface area contributed by atoms with Crippen LogP contribution in [0.2, 0.25) is 0 Å². The molecular weight excluding hydrogens is 268 g/mol. The Hall–Kier alpha value is -2.82. The van der Waals surface area contributed by atoms with E-state index in [1.54, 1.807) is 0 Å². The van der Waals surface area contributed by atoms with Crippen LogP contribution < -0.4 is 0 Å². The fraction of sp³-hybridized carbons (Fsp3) is 0.0476. The lowest BCUT2D eigenvalue weighted by atomic mass is 10.0. The smallest absolute Gasteiger partial charge is 0.140 e. The first-order valence-corrected chi connectivity index (χ1v) is 7.23. The summed E-state index contributed by atoms with van der Waals surface area (Å²) in [5, 5.41) is 10.2. The summed E-state index contributed by atoms with van der Waals surface area (Å²) in [4.78, 5) is 0. The highest BCUT2D eigenvalue weighted by Crippen LogP contribution is 2.21. The maximum Gasteiger partial charge on any atom is 0.140 e. The lowest BCUT2D eigenvalue weighted by Gasteiger charge is -2.06. The predicted molar refractivity (Wildman–Crippen MR) is 90.2 cm³/mol. The SMILES string of the molecule is OC(C#Cc1ccccc1)c1ccc(-c2ccccc2)cc1. The maximum absolute atomic E-state index is 10.2. The second-order valence-electron chi connectivity index (χ2n) is 5.03. The van der Waals surface area contributed by atoms with Gasteiger partial charge in [-0.05, 0) is 28.8 Å². The van der Waals surface area contributed by atoms with Gasteiger partial charge in [-0.1, -0.05) is 84.6 Å². The zero-order valence-electron chi connectivity index (χ0n) is 12.1. The van der Waals surface area contributed by atoms with Crippen LogP contribution in [0.25, 0.3) is 11.1 Å². The molecular formula is C21H16O. The molecule has 3 rings (SSSR count). The van der Waals surface area contributed by atoms with E-state index in [-0.39, 0.29) is 0 Å². The number of hydrogen-bond donors (Lipinski definition) is 1. The minimum absolute atomic E-state index is 0.773. The van der Waals surface area contributed by atoms with E-state index in [9.17, 15) is 5.11 Å². The Bertz CT molecular complexity index is 778. The van der Waals surface area contributed by atoms with Crippen LogP contribution in [-0.2, 0) is 0 Å². The molecule has 0 saturated carbocycles. The Morgan fingerprint density at radius 3 is 1.82 bits per heavy atom. The highest BCUT2D eigenvalue weighted by atomic mass is 16.3. The first-order chi connectivity index (χ1) is 10.8. The van der Waals surface area contributed by atoms with E-state index in [0.29, 0.717) is 0 Å². The average molecular weight is 284 g/mol. The predicted octanol–water partition coefficient (Wildman–Crippen LogP) is 4.44. The van der Waals surface area contributed by atoms with Gasteiger partial charge in [-0.25, -0.2) is 0 Å².